The highest BCUT2D eigenvalue weighted by molar-refractivity contribution is 6.34. The summed E-state index contributed by atoms with van der Waals surface area (Å²) in [6.45, 7) is 5.57. The van der Waals surface area contributed by atoms with Crippen molar-refractivity contribution in [2.45, 2.75) is 20.8 Å². The molecular weight excluding hydrogens is 359 g/mol. The van der Waals surface area contributed by atoms with Crippen LogP contribution in [-0.2, 0) is 0 Å². The summed E-state index contributed by atoms with van der Waals surface area (Å²) in [5, 5.41) is 12.5. The van der Waals surface area contributed by atoms with Gasteiger partial charge >= 0.3 is 0 Å². The average molecular weight is 375 g/mol. The number of nitrogens with zero attached hydrogens (tertiary/aromatic N) is 3. The van der Waals surface area contributed by atoms with Crippen molar-refractivity contribution in [1.82, 2.24) is 15.0 Å². The smallest absolute Gasteiger partial charge is 0.278 e. The van der Waals surface area contributed by atoms with E-state index >= 15 is 0 Å². The molecule has 1 amide bonds. The van der Waals surface area contributed by atoms with E-state index in [1.165, 1.54) is 4.80 Å². The van der Waals surface area contributed by atoms with Crippen molar-refractivity contribution in [3.8, 4) is 5.69 Å². The van der Waals surface area contributed by atoms with Gasteiger partial charge in [0.2, 0.25) is 0 Å². The summed E-state index contributed by atoms with van der Waals surface area (Å²) in [6, 6.07) is 10.9. The molecule has 0 aliphatic carbocycles. The first-order valence-corrected chi connectivity index (χ1v) is 8.38. The molecule has 5 nitrogen and oxygen atoms in total. The molecule has 7 heteroatoms. The van der Waals surface area contributed by atoms with Crippen LogP contribution in [0.15, 0.2) is 36.4 Å². The lowest BCUT2D eigenvalue weighted by molar-refractivity contribution is 0.102. The number of anilines is 1. The Balaban J connectivity index is 1.91. The summed E-state index contributed by atoms with van der Waals surface area (Å²) in [7, 11) is 0. The number of hydrogen-bond acceptors (Lipinski definition) is 3. The van der Waals surface area contributed by atoms with Gasteiger partial charge in [0, 0.05) is 5.02 Å². The molecule has 25 heavy (non-hydrogen) atoms. The van der Waals surface area contributed by atoms with Gasteiger partial charge < -0.3 is 5.32 Å². The molecular formula is C18H16Cl2N4O. The molecule has 128 valence electrons. The monoisotopic (exact) mass is 374 g/mol. The van der Waals surface area contributed by atoms with E-state index in [-0.39, 0.29) is 11.6 Å². The quantitative estimate of drug-likeness (QED) is 0.719. The summed E-state index contributed by atoms with van der Waals surface area (Å²) in [5.74, 6) is -0.361. The summed E-state index contributed by atoms with van der Waals surface area (Å²) in [4.78, 5) is 14.0. The third kappa shape index (κ3) is 3.67. The first kappa shape index (κ1) is 17.5. The van der Waals surface area contributed by atoms with E-state index in [0.29, 0.717) is 27.1 Å². The number of halogens is 2. The number of rotatable bonds is 3. The topological polar surface area (TPSA) is 59.8 Å². The molecule has 0 unspecified atom stereocenters. The van der Waals surface area contributed by atoms with Crippen LogP contribution in [0.2, 0.25) is 10.0 Å². The van der Waals surface area contributed by atoms with Crippen LogP contribution in [0, 0.1) is 20.8 Å². The van der Waals surface area contributed by atoms with Crippen molar-refractivity contribution in [1.29, 1.82) is 0 Å². The molecule has 3 aromatic rings. The predicted octanol–water partition coefficient (Wildman–Crippen LogP) is 4.75. The number of carbonyl (C=O) groups excluding carboxylic acids is 1. The average Bonchev–Trinajstić information content (AvgIpc) is 2.93. The van der Waals surface area contributed by atoms with Crippen LogP contribution >= 0.6 is 23.2 Å². The van der Waals surface area contributed by atoms with Crippen LogP contribution < -0.4 is 5.32 Å². The lowest BCUT2D eigenvalue weighted by Crippen LogP contribution is -2.15. The molecule has 0 spiro atoms. The first-order chi connectivity index (χ1) is 11.8. The Hall–Kier alpha value is -2.37. The van der Waals surface area contributed by atoms with Gasteiger partial charge in [-0.05, 0) is 56.2 Å². The minimum absolute atomic E-state index is 0.232. The molecule has 1 aromatic heterocycles. The van der Waals surface area contributed by atoms with Crippen molar-refractivity contribution in [2.75, 3.05) is 5.32 Å². The molecule has 0 atom stereocenters. The SMILES string of the molecule is Cc1cc(C)c(NC(=O)c2nn(-c3cccc(Cl)c3)nc2C)c(Cl)c1. The highest BCUT2D eigenvalue weighted by Gasteiger charge is 2.18. The molecule has 0 saturated carbocycles. The standard InChI is InChI=1S/C18H16Cl2N4O/c1-10-7-11(2)16(15(20)8-10)21-18(25)17-12(3)22-24(23-17)14-6-4-5-13(19)9-14/h4-9H,1-3H3,(H,21,25). The zero-order valence-corrected chi connectivity index (χ0v) is 15.5. The first-order valence-electron chi connectivity index (χ1n) is 7.63. The second-order valence-corrected chi connectivity index (χ2v) is 6.64. The van der Waals surface area contributed by atoms with Crippen molar-refractivity contribution < 1.29 is 4.79 Å². The molecule has 0 aliphatic rings. The number of amides is 1. The Morgan fingerprint density at radius 2 is 1.84 bits per heavy atom. The fourth-order valence-corrected chi connectivity index (χ4v) is 3.10. The molecule has 0 saturated heterocycles. The Labute approximate surface area is 155 Å². The lowest BCUT2D eigenvalue weighted by atomic mass is 10.1. The molecule has 0 bridgehead atoms. The zero-order valence-electron chi connectivity index (χ0n) is 14.0. The van der Waals surface area contributed by atoms with Crippen molar-refractivity contribution in [3.63, 3.8) is 0 Å². The Morgan fingerprint density at radius 3 is 2.52 bits per heavy atom. The van der Waals surface area contributed by atoms with Gasteiger partial charge in [-0.25, -0.2) is 0 Å². The number of benzene rings is 2. The largest absolute Gasteiger partial charge is 0.319 e. The van der Waals surface area contributed by atoms with Crippen LogP contribution in [0.25, 0.3) is 5.69 Å². The van der Waals surface area contributed by atoms with E-state index in [0.717, 1.165) is 11.1 Å². The summed E-state index contributed by atoms with van der Waals surface area (Å²) >= 11 is 12.2. The lowest BCUT2D eigenvalue weighted by Gasteiger charge is -2.10. The van der Waals surface area contributed by atoms with Gasteiger partial charge in [-0.3, -0.25) is 4.79 Å². The van der Waals surface area contributed by atoms with Crippen LogP contribution in [-0.4, -0.2) is 20.9 Å². The summed E-state index contributed by atoms with van der Waals surface area (Å²) in [5.41, 5.74) is 3.92. The van der Waals surface area contributed by atoms with Crippen molar-refractivity contribution >= 4 is 34.8 Å². The van der Waals surface area contributed by atoms with Crippen LogP contribution in [0.1, 0.15) is 27.3 Å². The van der Waals surface area contributed by atoms with Crippen LogP contribution in [0.3, 0.4) is 0 Å². The Kier molecular flexibility index (Phi) is 4.79. The van der Waals surface area contributed by atoms with Crippen molar-refractivity contribution in [3.05, 3.63) is 69.0 Å². The number of carbonyl (C=O) groups is 1. The third-order valence-corrected chi connectivity index (χ3v) is 4.24. The van der Waals surface area contributed by atoms with Gasteiger partial charge in [0.15, 0.2) is 5.69 Å². The molecule has 2 aromatic carbocycles. The molecule has 3 rings (SSSR count). The maximum absolute atomic E-state index is 12.6. The maximum Gasteiger partial charge on any atom is 0.278 e. The van der Waals surface area contributed by atoms with Gasteiger partial charge in [-0.1, -0.05) is 35.3 Å². The van der Waals surface area contributed by atoms with Gasteiger partial charge in [0.05, 0.1) is 22.1 Å². The second-order valence-electron chi connectivity index (χ2n) is 5.80. The molecule has 0 aliphatic heterocycles. The van der Waals surface area contributed by atoms with Gasteiger partial charge in [0.25, 0.3) is 5.91 Å². The Bertz CT molecular complexity index is 942. The minimum Gasteiger partial charge on any atom is -0.319 e. The fraction of sp³-hybridized carbons (Fsp3) is 0.167. The normalized spacial score (nSPS) is 10.8. The number of aromatic nitrogens is 3. The van der Waals surface area contributed by atoms with Crippen molar-refractivity contribution in [2.24, 2.45) is 0 Å². The highest BCUT2D eigenvalue weighted by Crippen LogP contribution is 2.28. The van der Waals surface area contributed by atoms with E-state index < -0.39 is 0 Å². The highest BCUT2D eigenvalue weighted by atomic mass is 35.5. The molecule has 0 fully saturated rings. The second kappa shape index (κ2) is 6.86. The van der Waals surface area contributed by atoms with E-state index in [4.69, 9.17) is 23.2 Å². The van der Waals surface area contributed by atoms with E-state index in [1.807, 2.05) is 26.0 Å². The van der Waals surface area contributed by atoms with Crippen LogP contribution in [0.4, 0.5) is 5.69 Å². The zero-order chi connectivity index (χ0) is 18.1. The maximum atomic E-state index is 12.6. The van der Waals surface area contributed by atoms with E-state index in [1.54, 1.807) is 31.2 Å². The summed E-state index contributed by atoms with van der Waals surface area (Å²) < 4.78 is 0. The fourth-order valence-electron chi connectivity index (χ4n) is 2.55. The van der Waals surface area contributed by atoms with Crippen LogP contribution in [0.5, 0.6) is 0 Å². The third-order valence-electron chi connectivity index (χ3n) is 3.71. The minimum atomic E-state index is -0.361. The van der Waals surface area contributed by atoms with E-state index in [9.17, 15) is 4.79 Å². The number of aryl methyl sites for hydroxylation is 3. The van der Waals surface area contributed by atoms with Gasteiger partial charge in [-0.15, -0.1) is 5.10 Å². The molecule has 1 N–H and O–H groups in total. The van der Waals surface area contributed by atoms with E-state index in [2.05, 4.69) is 15.5 Å². The van der Waals surface area contributed by atoms with Gasteiger partial charge in [-0.2, -0.15) is 9.90 Å². The molecule has 0 radical (unpaired) electrons. The predicted molar refractivity (Wildman–Crippen MR) is 100.0 cm³/mol. The van der Waals surface area contributed by atoms with Gasteiger partial charge in [0.1, 0.15) is 0 Å². The summed E-state index contributed by atoms with van der Waals surface area (Å²) in [6.07, 6.45) is 0. The number of hydrogen-bond donors (Lipinski definition) is 1. The number of nitrogens with one attached hydrogen (secondary N) is 1. The Morgan fingerprint density at radius 1 is 1.08 bits per heavy atom. The molecule has 1 heterocycles.